The maximum atomic E-state index is 12.6. The van der Waals surface area contributed by atoms with E-state index >= 15 is 0 Å². The average Bonchev–Trinajstić information content (AvgIpc) is 2.70. The van der Waals surface area contributed by atoms with Crippen LogP contribution in [0.2, 0.25) is 0 Å². The van der Waals surface area contributed by atoms with E-state index < -0.39 is 23.2 Å². The first-order valence-electron chi connectivity index (χ1n) is 8.48. The first-order valence-corrected chi connectivity index (χ1v) is 8.48. The molecule has 0 aliphatic carbocycles. The van der Waals surface area contributed by atoms with Crippen LogP contribution < -0.4 is 22.3 Å². The van der Waals surface area contributed by atoms with Gasteiger partial charge >= 0.3 is 5.69 Å². The Labute approximate surface area is 155 Å². The predicted molar refractivity (Wildman–Crippen MR) is 103 cm³/mol. The molecular formula is C19H21N5O3. The highest BCUT2D eigenvalue weighted by atomic mass is 16.2. The van der Waals surface area contributed by atoms with Crippen molar-refractivity contribution in [1.82, 2.24) is 14.1 Å². The predicted octanol–water partition coefficient (Wildman–Crippen LogP) is 0.907. The van der Waals surface area contributed by atoms with Crippen LogP contribution in [0.5, 0.6) is 0 Å². The Bertz CT molecular complexity index is 1120. The molecule has 27 heavy (non-hydrogen) atoms. The largest absolute Gasteiger partial charge is 0.332 e. The quantitative estimate of drug-likeness (QED) is 0.712. The Morgan fingerprint density at radius 2 is 1.81 bits per heavy atom. The smallest absolute Gasteiger partial charge is 0.324 e. The minimum Gasteiger partial charge on any atom is -0.324 e. The fraction of sp³-hybridized carbons (Fsp3) is 0.263. The minimum absolute atomic E-state index is 0.248. The summed E-state index contributed by atoms with van der Waals surface area (Å²) in [5.74, 6) is -0.778. The van der Waals surface area contributed by atoms with Gasteiger partial charge in [-0.2, -0.15) is 0 Å². The van der Waals surface area contributed by atoms with E-state index in [4.69, 9.17) is 5.73 Å². The summed E-state index contributed by atoms with van der Waals surface area (Å²) in [4.78, 5) is 41.1. The molecule has 2 unspecified atom stereocenters. The van der Waals surface area contributed by atoms with Gasteiger partial charge in [-0.15, -0.1) is 0 Å². The molecule has 2 atom stereocenters. The number of hydrogen-bond acceptors (Lipinski definition) is 5. The third kappa shape index (κ3) is 3.39. The summed E-state index contributed by atoms with van der Waals surface area (Å²) in [5.41, 5.74) is 6.76. The third-order valence-corrected chi connectivity index (χ3v) is 4.70. The fourth-order valence-corrected chi connectivity index (χ4v) is 2.92. The van der Waals surface area contributed by atoms with E-state index in [2.05, 4.69) is 10.3 Å². The van der Waals surface area contributed by atoms with Crippen LogP contribution >= 0.6 is 0 Å². The Morgan fingerprint density at radius 1 is 1.15 bits per heavy atom. The molecule has 3 aromatic rings. The highest BCUT2D eigenvalue weighted by Gasteiger charge is 2.22. The standard InChI is InChI=1S/C19H21N5O3/c1-11(15(20)12-7-5-4-6-8-12)17(25)22-13-9-14-16(21-10-13)23(2)19(27)24(3)18(14)26/h4-11,15H,20H2,1-3H3,(H,22,25). The number of nitrogens with one attached hydrogen (secondary N) is 1. The van der Waals surface area contributed by atoms with Gasteiger partial charge in [0, 0.05) is 20.1 Å². The Morgan fingerprint density at radius 3 is 2.48 bits per heavy atom. The van der Waals surface area contributed by atoms with E-state index in [0.717, 1.165) is 10.1 Å². The van der Waals surface area contributed by atoms with E-state index in [1.165, 1.54) is 30.9 Å². The number of anilines is 1. The summed E-state index contributed by atoms with van der Waals surface area (Å²) in [6.07, 6.45) is 1.42. The molecule has 8 nitrogen and oxygen atoms in total. The molecule has 8 heteroatoms. The summed E-state index contributed by atoms with van der Waals surface area (Å²) >= 11 is 0. The number of hydrogen-bond donors (Lipinski definition) is 2. The van der Waals surface area contributed by atoms with Crippen molar-refractivity contribution >= 4 is 22.6 Å². The van der Waals surface area contributed by atoms with Crippen LogP contribution in [0.25, 0.3) is 11.0 Å². The van der Waals surface area contributed by atoms with Gasteiger partial charge in [0.05, 0.1) is 23.2 Å². The lowest BCUT2D eigenvalue weighted by Gasteiger charge is -2.20. The first kappa shape index (κ1) is 18.5. The number of nitrogens with zero attached hydrogens (tertiary/aromatic N) is 3. The fourth-order valence-electron chi connectivity index (χ4n) is 2.92. The highest BCUT2D eigenvalue weighted by molar-refractivity contribution is 5.94. The zero-order valence-electron chi connectivity index (χ0n) is 15.3. The van der Waals surface area contributed by atoms with Gasteiger partial charge in [-0.05, 0) is 11.6 Å². The maximum Gasteiger partial charge on any atom is 0.332 e. The number of benzene rings is 1. The van der Waals surface area contributed by atoms with Gasteiger partial charge in [0.2, 0.25) is 5.91 Å². The van der Waals surface area contributed by atoms with Crippen LogP contribution in [0.15, 0.2) is 52.2 Å². The van der Waals surface area contributed by atoms with Gasteiger partial charge in [0.1, 0.15) is 5.65 Å². The lowest BCUT2D eigenvalue weighted by Crippen LogP contribution is -2.37. The number of aryl methyl sites for hydroxylation is 1. The van der Waals surface area contributed by atoms with E-state index in [9.17, 15) is 14.4 Å². The maximum absolute atomic E-state index is 12.6. The summed E-state index contributed by atoms with van der Waals surface area (Å²) in [7, 11) is 2.94. The SMILES string of the molecule is CC(C(=O)Nc1cnc2c(c1)c(=O)n(C)c(=O)n2C)C(N)c1ccccc1. The van der Waals surface area contributed by atoms with Crippen LogP contribution in [0.4, 0.5) is 5.69 Å². The second kappa shape index (κ2) is 7.16. The average molecular weight is 367 g/mol. The Kier molecular flexibility index (Phi) is 4.91. The van der Waals surface area contributed by atoms with Crippen molar-refractivity contribution in [2.24, 2.45) is 25.7 Å². The third-order valence-electron chi connectivity index (χ3n) is 4.70. The van der Waals surface area contributed by atoms with Crippen LogP contribution in [0, 0.1) is 5.92 Å². The van der Waals surface area contributed by atoms with Crippen LogP contribution in [0.1, 0.15) is 18.5 Å². The number of amides is 1. The lowest BCUT2D eigenvalue weighted by molar-refractivity contribution is -0.120. The molecule has 3 N–H and O–H groups in total. The van der Waals surface area contributed by atoms with Crippen LogP contribution in [0.3, 0.4) is 0 Å². The molecule has 0 aliphatic heterocycles. The molecule has 140 valence electrons. The van der Waals surface area contributed by atoms with Gasteiger partial charge in [0.15, 0.2) is 0 Å². The molecule has 1 amide bonds. The zero-order valence-corrected chi connectivity index (χ0v) is 15.3. The van der Waals surface area contributed by atoms with E-state index in [1.807, 2.05) is 30.3 Å². The number of carbonyl (C=O) groups excluding carboxylic acids is 1. The van der Waals surface area contributed by atoms with Crippen molar-refractivity contribution in [2.75, 3.05) is 5.32 Å². The number of aromatic nitrogens is 3. The van der Waals surface area contributed by atoms with Crippen LogP contribution in [-0.2, 0) is 18.9 Å². The molecule has 2 heterocycles. The second-order valence-corrected chi connectivity index (χ2v) is 6.52. The van der Waals surface area contributed by atoms with Gasteiger partial charge < -0.3 is 11.1 Å². The highest BCUT2D eigenvalue weighted by Crippen LogP contribution is 2.21. The summed E-state index contributed by atoms with van der Waals surface area (Å²) in [6, 6.07) is 10.4. The Hall–Kier alpha value is -3.26. The van der Waals surface area contributed by atoms with Crippen molar-refractivity contribution in [3.63, 3.8) is 0 Å². The normalized spacial score (nSPS) is 13.3. The second-order valence-electron chi connectivity index (χ2n) is 6.52. The summed E-state index contributed by atoms with van der Waals surface area (Å²) < 4.78 is 2.29. The molecule has 0 saturated heterocycles. The number of rotatable bonds is 4. The number of pyridine rings is 1. The van der Waals surface area contributed by atoms with E-state index in [-0.39, 0.29) is 16.9 Å². The van der Waals surface area contributed by atoms with Crippen molar-refractivity contribution in [2.45, 2.75) is 13.0 Å². The van der Waals surface area contributed by atoms with Gasteiger partial charge in [-0.25, -0.2) is 9.78 Å². The number of nitrogens with two attached hydrogens (primary N) is 1. The monoisotopic (exact) mass is 367 g/mol. The van der Waals surface area contributed by atoms with E-state index in [1.54, 1.807) is 6.92 Å². The molecule has 0 saturated carbocycles. The number of fused-ring (bicyclic) bond motifs is 1. The molecule has 1 aromatic carbocycles. The van der Waals surface area contributed by atoms with Crippen molar-refractivity contribution in [3.8, 4) is 0 Å². The molecule has 3 rings (SSSR count). The van der Waals surface area contributed by atoms with E-state index in [0.29, 0.717) is 5.69 Å². The molecule has 0 radical (unpaired) electrons. The molecular weight excluding hydrogens is 346 g/mol. The minimum atomic E-state index is -0.494. The molecule has 0 aliphatic rings. The van der Waals surface area contributed by atoms with Crippen molar-refractivity contribution in [1.29, 1.82) is 0 Å². The molecule has 0 fully saturated rings. The first-order chi connectivity index (χ1) is 12.8. The zero-order chi connectivity index (χ0) is 19.7. The number of carbonyl (C=O) groups is 1. The molecule has 0 bridgehead atoms. The molecule has 0 spiro atoms. The lowest BCUT2D eigenvalue weighted by atomic mass is 9.94. The van der Waals surface area contributed by atoms with Crippen molar-refractivity contribution < 1.29 is 4.79 Å². The Balaban J connectivity index is 1.89. The topological polar surface area (TPSA) is 112 Å². The van der Waals surface area contributed by atoms with Gasteiger partial charge in [-0.1, -0.05) is 37.3 Å². The van der Waals surface area contributed by atoms with Crippen LogP contribution in [-0.4, -0.2) is 20.0 Å². The van der Waals surface area contributed by atoms with Crippen molar-refractivity contribution in [3.05, 3.63) is 69.0 Å². The summed E-state index contributed by atoms with van der Waals surface area (Å²) in [6.45, 7) is 1.74. The van der Waals surface area contributed by atoms with Gasteiger partial charge in [-0.3, -0.25) is 18.7 Å². The van der Waals surface area contributed by atoms with Gasteiger partial charge in [0.25, 0.3) is 5.56 Å². The summed E-state index contributed by atoms with van der Waals surface area (Å²) in [5, 5.41) is 3.00. The molecule has 2 aromatic heterocycles.